The quantitative estimate of drug-likeness (QED) is 0.761. The molecule has 2 aromatic carbocycles. The highest BCUT2D eigenvalue weighted by Gasteiger charge is 2.25. The minimum Gasteiger partial charge on any atom is -0.384 e. The largest absolute Gasteiger partial charge is 0.384 e. The molecule has 4 nitrogen and oxygen atoms in total. The van der Waals surface area contributed by atoms with Crippen molar-refractivity contribution in [2.45, 2.75) is 25.5 Å². The van der Waals surface area contributed by atoms with Gasteiger partial charge in [-0.3, -0.25) is 4.68 Å². The van der Waals surface area contributed by atoms with Crippen LogP contribution in [0.3, 0.4) is 0 Å². The van der Waals surface area contributed by atoms with Gasteiger partial charge < -0.3 is 10.4 Å². The van der Waals surface area contributed by atoms with Crippen molar-refractivity contribution in [3.63, 3.8) is 0 Å². The van der Waals surface area contributed by atoms with Gasteiger partial charge in [-0.05, 0) is 36.2 Å². The summed E-state index contributed by atoms with van der Waals surface area (Å²) >= 11 is 0. The van der Waals surface area contributed by atoms with Crippen LogP contribution in [0.2, 0.25) is 0 Å². The summed E-state index contributed by atoms with van der Waals surface area (Å²) in [5.41, 5.74) is 1.09. The Kier molecular flexibility index (Phi) is 4.20. The molecule has 3 rings (SSSR count). The van der Waals surface area contributed by atoms with E-state index in [4.69, 9.17) is 0 Å². The Balaban J connectivity index is 1.71. The van der Waals surface area contributed by atoms with Crippen molar-refractivity contribution in [1.29, 1.82) is 0 Å². The van der Waals surface area contributed by atoms with Crippen LogP contribution in [0.15, 0.2) is 54.9 Å². The van der Waals surface area contributed by atoms with Gasteiger partial charge in [0.2, 0.25) is 0 Å². The Labute approximate surface area is 136 Å². The molecule has 1 heterocycles. The van der Waals surface area contributed by atoms with Crippen LogP contribution in [0.25, 0.3) is 10.8 Å². The fourth-order valence-electron chi connectivity index (χ4n) is 2.75. The molecule has 2 unspecified atom stereocenters. The van der Waals surface area contributed by atoms with Crippen LogP contribution >= 0.6 is 0 Å². The molecule has 2 N–H and O–H groups in total. The average Bonchev–Trinajstić information content (AvgIpc) is 2.99. The molecule has 0 spiro atoms. The van der Waals surface area contributed by atoms with E-state index in [0.29, 0.717) is 6.54 Å². The Hall–Kier alpha value is -2.17. The van der Waals surface area contributed by atoms with Crippen LogP contribution in [0.1, 0.15) is 31.0 Å². The third kappa shape index (κ3) is 3.44. The summed E-state index contributed by atoms with van der Waals surface area (Å²) in [4.78, 5) is 0. The molecule has 3 aromatic rings. The highest BCUT2D eigenvalue weighted by molar-refractivity contribution is 5.83. The molecular formula is C19H23N3O. The van der Waals surface area contributed by atoms with E-state index in [1.165, 1.54) is 16.3 Å². The maximum Gasteiger partial charge on any atom is 0.102 e. The smallest absolute Gasteiger partial charge is 0.102 e. The molecule has 0 aliphatic rings. The normalized spacial score (nSPS) is 15.5. The van der Waals surface area contributed by atoms with Gasteiger partial charge in [0.15, 0.2) is 0 Å². The van der Waals surface area contributed by atoms with Crippen molar-refractivity contribution in [3.8, 4) is 0 Å². The summed E-state index contributed by atoms with van der Waals surface area (Å²) in [7, 11) is 1.85. The first-order chi connectivity index (χ1) is 11.0. The van der Waals surface area contributed by atoms with Crippen molar-refractivity contribution in [1.82, 2.24) is 15.1 Å². The van der Waals surface area contributed by atoms with E-state index in [0.717, 1.165) is 5.56 Å². The summed E-state index contributed by atoms with van der Waals surface area (Å²) in [5.74, 6) is 0. The molecule has 0 saturated heterocycles. The Morgan fingerprint density at radius 2 is 1.96 bits per heavy atom. The van der Waals surface area contributed by atoms with Gasteiger partial charge in [0.1, 0.15) is 5.60 Å². The molecule has 0 bridgehead atoms. The molecule has 0 saturated carbocycles. The van der Waals surface area contributed by atoms with E-state index < -0.39 is 5.60 Å². The van der Waals surface area contributed by atoms with Crippen molar-refractivity contribution in [2.75, 3.05) is 6.54 Å². The minimum absolute atomic E-state index is 0.155. The van der Waals surface area contributed by atoms with Crippen LogP contribution in [-0.2, 0) is 12.6 Å². The number of benzene rings is 2. The number of hydrogen-bond acceptors (Lipinski definition) is 3. The molecule has 2 atom stereocenters. The zero-order valence-corrected chi connectivity index (χ0v) is 13.8. The zero-order valence-electron chi connectivity index (χ0n) is 13.8. The number of aryl methyl sites for hydroxylation is 1. The van der Waals surface area contributed by atoms with E-state index in [1.807, 2.05) is 20.2 Å². The number of hydrogen-bond donors (Lipinski definition) is 2. The molecule has 0 amide bonds. The third-order valence-electron chi connectivity index (χ3n) is 4.35. The van der Waals surface area contributed by atoms with E-state index >= 15 is 0 Å². The summed E-state index contributed by atoms with van der Waals surface area (Å²) in [6.07, 6.45) is 3.56. The molecule has 0 aliphatic heterocycles. The third-order valence-corrected chi connectivity index (χ3v) is 4.35. The molecule has 0 fully saturated rings. The summed E-state index contributed by atoms with van der Waals surface area (Å²) in [6, 6.07) is 15.0. The van der Waals surface area contributed by atoms with E-state index in [-0.39, 0.29) is 6.04 Å². The lowest BCUT2D eigenvalue weighted by Crippen LogP contribution is -2.36. The van der Waals surface area contributed by atoms with Gasteiger partial charge in [-0.2, -0.15) is 5.10 Å². The van der Waals surface area contributed by atoms with Crippen LogP contribution in [0, 0.1) is 0 Å². The number of aliphatic hydroxyl groups is 1. The number of nitrogens with one attached hydrogen (secondary N) is 1. The predicted molar refractivity (Wildman–Crippen MR) is 93.1 cm³/mol. The van der Waals surface area contributed by atoms with Gasteiger partial charge in [-0.15, -0.1) is 0 Å². The monoisotopic (exact) mass is 309 g/mol. The first-order valence-corrected chi connectivity index (χ1v) is 7.89. The highest BCUT2D eigenvalue weighted by Crippen LogP contribution is 2.23. The highest BCUT2D eigenvalue weighted by atomic mass is 16.3. The van der Waals surface area contributed by atoms with E-state index in [1.54, 1.807) is 10.9 Å². The van der Waals surface area contributed by atoms with E-state index in [9.17, 15) is 5.11 Å². The van der Waals surface area contributed by atoms with Gasteiger partial charge in [-0.25, -0.2) is 0 Å². The zero-order chi connectivity index (χ0) is 16.4. The molecular weight excluding hydrogens is 286 g/mol. The molecule has 0 aliphatic carbocycles. The molecule has 4 heteroatoms. The fourth-order valence-corrected chi connectivity index (χ4v) is 2.75. The van der Waals surface area contributed by atoms with Crippen molar-refractivity contribution >= 4 is 10.8 Å². The van der Waals surface area contributed by atoms with Gasteiger partial charge >= 0.3 is 0 Å². The Bertz CT molecular complexity index is 807. The van der Waals surface area contributed by atoms with Crippen LogP contribution in [0.4, 0.5) is 0 Å². The number of rotatable bonds is 5. The van der Waals surface area contributed by atoms with Gasteiger partial charge in [0.25, 0.3) is 0 Å². The minimum atomic E-state index is -0.945. The molecule has 23 heavy (non-hydrogen) atoms. The molecule has 1 aromatic heterocycles. The van der Waals surface area contributed by atoms with Crippen LogP contribution in [0.5, 0.6) is 0 Å². The number of nitrogens with zero attached hydrogens (tertiary/aromatic N) is 2. The number of fused-ring (bicyclic) bond motifs is 1. The summed E-state index contributed by atoms with van der Waals surface area (Å²) < 4.78 is 1.70. The topological polar surface area (TPSA) is 50.1 Å². The Morgan fingerprint density at radius 3 is 2.65 bits per heavy atom. The van der Waals surface area contributed by atoms with Gasteiger partial charge in [-0.1, -0.05) is 36.4 Å². The standard InChI is InChI=1S/C19H23N3O/c1-14(16-9-8-15-6-4-5-7-17(15)10-16)20-13-19(2,23)18-11-21-22(3)12-18/h4-12,14,20,23H,13H2,1-3H3. The first kappa shape index (κ1) is 15.7. The van der Waals surface area contributed by atoms with Crippen LogP contribution in [-0.4, -0.2) is 21.4 Å². The average molecular weight is 309 g/mol. The van der Waals surface area contributed by atoms with E-state index in [2.05, 4.69) is 59.8 Å². The second-order valence-electron chi connectivity index (χ2n) is 6.39. The lowest BCUT2D eigenvalue weighted by Gasteiger charge is -2.25. The first-order valence-electron chi connectivity index (χ1n) is 7.89. The molecule has 120 valence electrons. The lowest BCUT2D eigenvalue weighted by atomic mass is 9.98. The van der Waals surface area contributed by atoms with Crippen molar-refractivity contribution < 1.29 is 5.11 Å². The van der Waals surface area contributed by atoms with Crippen LogP contribution < -0.4 is 5.32 Å². The predicted octanol–water partition coefficient (Wildman–Crippen LogP) is 3.13. The van der Waals surface area contributed by atoms with Gasteiger partial charge in [0.05, 0.1) is 6.20 Å². The maximum atomic E-state index is 10.7. The lowest BCUT2D eigenvalue weighted by molar-refractivity contribution is 0.0543. The SMILES string of the molecule is CC(NCC(C)(O)c1cnn(C)c1)c1ccc2ccccc2c1. The summed E-state index contributed by atoms with van der Waals surface area (Å²) in [5, 5.41) is 20.7. The second-order valence-corrected chi connectivity index (χ2v) is 6.39. The number of aromatic nitrogens is 2. The van der Waals surface area contributed by atoms with Gasteiger partial charge in [0, 0.05) is 31.4 Å². The second kappa shape index (κ2) is 6.14. The Morgan fingerprint density at radius 1 is 1.22 bits per heavy atom. The van der Waals surface area contributed by atoms with Crippen molar-refractivity contribution in [2.24, 2.45) is 7.05 Å². The maximum absolute atomic E-state index is 10.7. The molecule has 0 radical (unpaired) electrons. The fraction of sp³-hybridized carbons (Fsp3) is 0.316. The van der Waals surface area contributed by atoms with Crippen molar-refractivity contribution in [3.05, 3.63) is 66.0 Å². The summed E-state index contributed by atoms with van der Waals surface area (Å²) in [6.45, 7) is 4.39.